The quantitative estimate of drug-likeness (QED) is 0.614. The number of nitrogens with zero attached hydrogens (tertiary/aromatic N) is 4. The van der Waals surface area contributed by atoms with Gasteiger partial charge in [-0.2, -0.15) is 10.1 Å². The van der Waals surface area contributed by atoms with E-state index in [4.69, 9.17) is 4.74 Å². The number of ketones is 1. The van der Waals surface area contributed by atoms with E-state index >= 15 is 0 Å². The second kappa shape index (κ2) is 7.03. The van der Waals surface area contributed by atoms with Gasteiger partial charge in [0.15, 0.2) is 11.4 Å². The van der Waals surface area contributed by atoms with Gasteiger partial charge in [-0.05, 0) is 32.3 Å². The Bertz CT molecular complexity index is 1000. The summed E-state index contributed by atoms with van der Waals surface area (Å²) < 4.78 is 7.54. The van der Waals surface area contributed by atoms with Gasteiger partial charge in [0.05, 0.1) is 10.7 Å². The first kappa shape index (κ1) is 18.1. The molecule has 1 aliphatic carbocycles. The molecule has 1 aliphatic rings. The summed E-state index contributed by atoms with van der Waals surface area (Å²) in [6.07, 6.45) is 2.83. The molecule has 0 bridgehead atoms. The van der Waals surface area contributed by atoms with Crippen molar-refractivity contribution in [3.8, 4) is 5.88 Å². The number of aryl methyl sites for hydroxylation is 3. The lowest BCUT2D eigenvalue weighted by Crippen LogP contribution is -2.14. The number of Topliss-reactive ketones (excluding diaryl/α,β-unsaturated/α-hetero) is 1. The van der Waals surface area contributed by atoms with Crippen molar-refractivity contribution >= 4 is 28.2 Å². The van der Waals surface area contributed by atoms with Crippen molar-refractivity contribution in [2.45, 2.75) is 51.9 Å². The first-order valence-corrected chi connectivity index (χ1v) is 10.2. The fraction of sp³-hybridized carbons (Fsp3) is 0.500. The highest BCUT2D eigenvalue weighted by Crippen LogP contribution is 2.43. The molecule has 0 amide bonds. The van der Waals surface area contributed by atoms with Gasteiger partial charge >= 0.3 is 0 Å². The van der Waals surface area contributed by atoms with Crippen LogP contribution in [0, 0.1) is 13.8 Å². The van der Waals surface area contributed by atoms with E-state index in [0.717, 1.165) is 33.0 Å². The van der Waals surface area contributed by atoms with Crippen LogP contribution in [0.15, 0.2) is 11.4 Å². The Kier molecular flexibility index (Phi) is 4.72. The number of hydrogen-bond donors (Lipinski definition) is 0. The van der Waals surface area contributed by atoms with Crippen LogP contribution in [0.1, 0.15) is 60.0 Å². The minimum atomic E-state index is 0.0278. The average Bonchev–Trinajstić information content (AvgIpc) is 3.29. The Morgan fingerprint density at radius 3 is 2.81 bits per heavy atom. The molecular weight excluding hydrogens is 360 g/mol. The number of rotatable bonds is 7. The highest BCUT2D eigenvalue weighted by molar-refractivity contribution is 7.09. The van der Waals surface area contributed by atoms with Crippen molar-refractivity contribution < 1.29 is 9.53 Å². The zero-order chi connectivity index (χ0) is 19.1. The standard InChI is InChI=1S/C20H24N4O2S/c1-11-8-16(22-19-17(11)18(14-5-6-14)23-24(19)4)26-9-15(25)7-12(2)20-21-13(3)10-27-20/h8,10,12,14H,5-7,9H2,1-4H3. The van der Waals surface area contributed by atoms with Gasteiger partial charge in [0, 0.05) is 47.8 Å². The summed E-state index contributed by atoms with van der Waals surface area (Å²) in [4.78, 5) is 21.4. The molecule has 3 heterocycles. The number of fused-ring (bicyclic) bond motifs is 1. The second-order valence-electron chi connectivity index (χ2n) is 7.52. The van der Waals surface area contributed by atoms with Crippen LogP contribution in [0.3, 0.4) is 0 Å². The van der Waals surface area contributed by atoms with Crippen molar-refractivity contribution in [2.75, 3.05) is 6.61 Å². The lowest BCUT2D eigenvalue weighted by atomic mass is 10.1. The van der Waals surface area contributed by atoms with Crippen LogP contribution in [-0.4, -0.2) is 32.1 Å². The number of carbonyl (C=O) groups is 1. The molecule has 1 saturated carbocycles. The molecule has 6 nitrogen and oxygen atoms in total. The number of aromatic nitrogens is 4. The summed E-state index contributed by atoms with van der Waals surface area (Å²) in [5.41, 5.74) is 4.07. The van der Waals surface area contributed by atoms with E-state index in [9.17, 15) is 4.79 Å². The van der Waals surface area contributed by atoms with Crippen molar-refractivity contribution in [2.24, 2.45) is 7.05 Å². The molecule has 7 heteroatoms. The molecule has 1 atom stereocenters. The number of thiazole rings is 1. The number of pyridine rings is 1. The summed E-state index contributed by atoms with van der Waals surface area (Å²) in [7, 11) is 1.91. The summed E-state index contributed by atoms with van der Waals surface area (Å²) in [5.74, 6) is 1.21. The smallest absolute Gasteiger partial charge is 0.215 e. The zero-order valence-electron chi connectivity index (χ0n) is 16.2. The normalized spacial score (nSPS) is 15.3. The molecular formula is C20H24N4O2S. The fourth-order valence-corrected chi connectivity index (χ4v) is 4.25. The predicted molar refractivity (Wildman–Crippen MR) is 106 cm³/mol. The van der Waals surface area contributed by atoms with Gasteiger partial charge in [0.1, 0.15) is 6.61 Å². The molecule has 1 unspecified atom stereocenters. The Labute approximate surface area is 162 Å². The highest BCUT2D eigenvalue weighted by Gasteiger charge is 2.30. The molecule has 0 N–H and O–H groups in total. The summed E-state index contributed by atoms with van der Waals surface area (Å²) in [6, 6.07) is 1.91. The van der Waals surface area contributed by atoms with Crippen LogP contribution >= 0.6 is 11.3 Å². The number of carbonyl (C=O) groups excluding carboxylic acids is 1. The SMILES string of the molecule is Cc1csc(C(C)CC(=O)COc2cc(C)c3c(C4CC4)nn(C)c3n2)n1. The molecule has 27 heavy (non-hydrogen) atoms. The third-order valence-electron chi connectivity index (χ3n) is 4.93. The highest BCUT2D eigenvalue weighted by atomic mass is 32.1. The number of hydrogen-bond acceptors (Lipinski definition) is 6. The maximum atomic E-state index is 12.3. The summed E-state index contributed by atoms with van der Waals surface area (Å²) >= 11 is 1.60. The van der Waals surface area contributed by atoms with E-state index in [-0.39, 0.29) is 18.3 Å². The lowest BCUT2D eigenvalue weighted by molar-refractivity contribution is -0.121. The van der Waals surface area contributed by atoms with Crippen molar-refractivity contribution in [3.63, 3.8) is 0 Å². The Morgan fingerprint density at radius 2 is 2.15 bits per heavy atom. The van der Waals surface area contributed by atoms with Crippen LogP contribution in [0.25, 0.3) is 11.0 Å². The summed E-state index contributed by atoms with van der Waals surface area (Å²) in [5, 5.41) is 8.79. The summed E-state index contributed by atoms with van der Waals surface area (Å²) in [6.45, 7) is 6.08. The first-order chi connectivity index (χ1) is 12.9. The lowest BCUT2D eigenvalue weighted by Gasteiger charge is -2.09. The molecule has 0 saturated heterocycles. The van der Waals surface area contributed by atoms with E-state index in [1.807, 2.05) is 37.0 Å². The molecule has 1 fully saturated rings. The van der Waals surface area contributed by atoms with Gasteiger partial charge in [0.2, 0.25) is 5.88 Å². The first-order valence-electron chi connectivity index (χ1n) is 9.33. The van der Waals surface area contributed by atoms with Gasteiger partial charge < -0.3 is 4.74 Å². The molecule has 142 valence electrons. The van der Waals surface area contributed by atoms with Gasteiger partial charge in [-0.25, -0.2) is 4.98 Å². The predicted octanol–water partition coefficient (Wildman–Crippen LogP) is 4.06. The molecule has 4 rings (SSSR count). The minimum Gasteiger partial charge on any atom is -0.470 e. The van der Waals surface area contributed by atoms with Gasteiger partial charge in [-0.15, -0.1) is 11.3 Å². The van der Waals surface area contributed by atoms with Gasteiger partial charge in [0.25, 0.3) is 0 Å². The van der Waals surface area contributed by atoms with E-state index in [2.05, 4.69) is 22.0 Å². The van der Waals surface area contributed by atoms with Crippen LogP contribution in [0.2, 0.25) is 0 Å². The largest absolute Gasteiger partial charge is 0.470 e. The third-order valence-corrected chi connectivity index (χ3v) is 6.13. The van der Waals surface area contributed by atoms with Crippen molar-refractivity contribution in [1.82, 2.24) is 19.7 Å². The molecule has 0 aromatic carbocycles. The molecule has 0 radical (unpaired) electrons. The fourth-order valence-electron chi connectivity index (χ4n) is 3.39. The van der Waals surface area contributed by atoms with E-state index in [0.29, 0.717) is 18.2 Å². The average molecular weight is 385 g/mol. The monoisotopic (exact) mass is 384 g/mol. The van der Waals surface area contributed by atoms with Crippen molar-refractivity contribution in [3.05, 3.63) is 33.4 Å². The maximum Gasteiger partial charge on any atom is 0.215 e. The Morgan fingerprint density at radius 1 is 1.37 bits per heavy atom. The zero-order valence-corrected chi connectivity index (χ0v) is 17.0. The van der Waals surface area contributed by atoms with Gasteiger partial charge in [-0.1, -0.05) is 6.92 Å². The second-order valence-corrected chi connectivity index (χ2v) is 8.41. The minimum absolute atomic E-state index is 0.0278. The molecule has 0 aliphatic heterocycles. The molecule has 0 spiro atoms. The Balaban J connectivity index is 1.44. The maximum absolute atomic E-state index is 12.3. The third kappa shape index (κ3) is 3.74. The van der Waals surface area contributed by atoms with Crippen molar-refractivity contribution in [1.29, 1.82) is 0 Å². The van der Waals surface area contributed by atoms with Crippen LogP contribution < -0.4 is 4.74 Å². The topological polar surface area (TPSA) is 69.9 Å². The molecule has 3 aromatic heterocycles. The van der Waals surface area contributed by atoms with Gasteiger partial charge in [-0.3, -0.25) is 9.48 Å². The Hall–Kier alpha value is -2.28. The van der Waals surface area contributed by atoms with E-state index in [1.54, 1.807) is 11.3 Å². The number of ether oxygens (including phenoxy) is 1. The van der Waals surface area contributed by atoms with E-state index in [1.165, 1.54) is 12.8 Å². The van der Waals surface area contributed by atoms with Crippen LogP contribution in [0.5, 0.6) is 5.88 Å². The van der Waals surface area contributed by atoms with E-state index < -0.39 is 0 Å². The van der Waals surface area contributed by atoms with Crippen LogP contribution in [0.4, 0.5) is 0 Å². The van der Waals surface area contributed by atoms with Crippen LogP contribution in [-0.2, 0) is 11.8 Å². The molecule has 3 aromatic rings.